The predicted octanol–water partition coefficient (Wildman–Crippen LogP) is 4.54. The normalized spacial score (nSPS) is 11.1. The van der Waals surface area contributed by atoms with Crippen molar-refractivity contribution in [3.8, 4) is 17.3 Å². The van der Waals surface area contributed by atoms with E-state index in [0.29, 0.717) is 48.4 Å². The van der Waals surface area contributed by atoms with E-state index in [2.05, 4.69) is 26.7 Å². The van der Waals surface area contributed by atoms with Gasteiger partial charge in [-0.3, -0.25) is 9.59 Å². The summed E-state index contributed by atoms with van der Waals surface area (Å²) in [6, 6.07) is 18.8. The number of halogens is 1. The molecular formula is C27H26FN5O2. The molecule has 8 heteroatoms. The molecule has 1 aromatic heterocycles. The van der Waals surface area contributed by atoms with Gasteiger partial charge in [-0.2, -0.15) is 5.26 Å². The molecule has 1 heterocycles. The summed E-state index contributed by atoms with van der Waals surface area (Å²) in [6.45, 7) is 4.04. The first kappa shape index (κ1) is 25.2. The van der Waals surface area contributed by atoms with Crippen LogP contribution in [0, 0.1) is 17.1 Å². The molecule has 3 rings (SSSR count). The molecule has 0 spiro atoms. The smallest absolute Gasteiger partial charge is 0.280 e. The number of nitrogens with one attached hydrogen (secondary N) is 2. The zero-order valence-electron chi connectivity index (χ0n) is 19.6. The fraction of sp³-hybridized carbons (Fsp3) is 0.222. The van der Waals surface area contributed by atoms with Crippen molar-refractivity contribution in [3.63, 3.8) is 0 Å². The van der Waals surface area contributed by atoms with Crippen LogP contribution in [-0.2, 0) is 11.2 Å². The zero-order valence-corrected chi connectivity index (χ0v) is 19.6. The third kappa shape index (κ3) is 7.05. The average molecular weight is 472 g/mol. The Morgan fingerprint density at radius 2 is 1.97 bits per heavy atom. The van der Waals surface area contributed by atoms with Crippen LogP contribution in [0.3, 0.4) is 0 Å². The van der Waals surface area contributed by atoms with Gasteiger partial charge >= 0.3 is 0 Å². The van der Waals surface area contributed by atoms with Crippen molar-refractivity contribution < 1.29 is 14.0 Å². The van der Waals surface area contributed by atoms with Crippen LogP contribution in [0.4, 0.5) is 10.2 Å². The topological polar surface area (TPSA) is 107 Å². The summed E-state index contributed by atoms with van der Waals surface area (Å²) in [6.07, 6.45) is 2.95. The van der Waals surface area contributed by atoms with Crippen molar-refractivity contribution in [1.82, 2.24) is 10.3 Å². The quantitative estimate of drug-likeness (QED) is 0.333. The first-order valence-electron chi connectivity index (χ1n) is 11.1. The molecule has 0 unspecified atom stereocenters. The monoisotopic (exact) mass is 471 g/mol. The summed E-state index contributed by atoms with van der Waals surface area (Å²) in [5.74, 6) is -0.486. The second-order valence-electron chi connectivity index (χ2n) is 8.52. The lowest BCUT2D eigenvalue weighted by atomic mass is 10.0. The third-order valence-corrected chi connectivity index (χ3v) is 5.30. The van der Waals surface area contributed by atoms with Gasteiger partial charge in [-0.1, -0.05) is 30.3 Å². The number of anilines is 1. The molecular weight excluding hydrogens is 445 g/mol. The fourth-order valence-electron chi connectivity index (χ4n) is 3.38. The standard InChI is InChI=1S/C27H26FN5O2/c1-27(2,32-18-34)13-15-31-26(35)23-10-11-24(22-9-4-3-7-20(22)17-29)33-25(23)30-14-12-19-6-5-8-21(28)16-19/h3-11,15-16,18H,12-14H2,1-2H3,(H,30,33)(H,32,34). The Morgan fingerprint density at radius 1 is 1.17 bits per heavy atom. The number of hydrogen-bond donors (Lipinski definition) is 2. The average Bonchev–Trinajstić information content (AvgIpc) is 2.83. The Morgan fingerprint density at radius 3 is 2.71 bits per heavy atom. The van der Waals surface area contributed by atoms with E-state index in [1.165, 1.54) is 18.3 Å². The Kier molecular flexibility index (Phi) is 8.41. The minimum absolute atomic E-state index is 0.264. The Labute approximate surface area is 203 Å². The van der Waals surface area contributed by atoms with Crippen LogP contribution >= 0.6 is 0 Å². The molecule has 2 amide bonds. The van der Waals surface area contributed by atoms with E-state index in [-0.39, 0.29) is 11.4 Å². The number of carbonyl (C=O) groups is 2. The molecule has 0 saturated heterocycles. The molecule has 0 atom stereocenters. The molecule has 178 valence electrons. The molecule has 0 radical (unpaired) electrons. The van der Waals surface area contributed by atoms with Gasteiger partial charge < -0.3 is 10.6 Å². The van der Waals surface area contributed by atoms with Gasteiger partial charge in [0.2, 0.25) is 6.41 Å². The van der Waals surface area contributed by atoms with E-state index in [1.54, 1.807) is 36.4 Å². The molecule has 2 aromatic carbocycles. The molecule has 7 nitrogen and oxygen atoms in total. The zero-order chi connectivity index (χ0) is 25.3. The van der Waals surface area contributed by atoms with Gasteiger partial charge in [-0.15, -0.1) is 0 Å². The summed E-state index contributed by atoms with van der Waals surface area (Å²) < 4.78 is 13.5. The SMILES string of the molecule is CC(C)(CC=NC(=O)c1ccc(-c2ccccc2C#N)nc1NCCc1cccc(F)c1)NC=O. The maximum atomic E-state index is 13.5. The van der Waals surface area contributed by atoms with Crippen molar-refractivity contribution in [2.24, 2.45) is 4.99 Å². The molecule has 0 saturated carbocycles. The highest BCUT2D eigenvalue weighted by molar-refractivity contribution is 6.03. The molecule has 0 bridgehead atoms. The highest BCUT2D eigenvalue weighted by Gasteiger charge is 2.17. The third-order valence-electron chi connectivity index (χ3n) is 5.30. The lowest BCUT2D eigenvalue weighted by Gasteiger charge is -2.20. The number of rotatable bonds is 10. The van der Waals surface area contributed by atoms with Gasteiger partial charge in [0.15, 0.2) is 0 Å². The highest BCUT2D eigenvalue weighted by Crippen LogP contribution is 2.25. The van der Waals surface area contributed by atoms with E-state index in [9.17, 15) is 19.2 Å². The number of pyridine rings is 1. The maximum absolute atomic E-state index is 13.5. The van der Waals surface area contributed by atoms with Crippen molar-refractivity contribution in [2.45, 2.75) is 32.2 Å². The molecule has 0 aliphatic carbocycles. The van der Waals surface area contributed by atoms with E-state index in [0.717, 1.165) is 5.56 Å². The lowest BCUT2D eigenvalue weighted by Crippen LogP contribution is -2.38. The van der Waals surface area contributed by atoms with Gasteiger partial charge in [-0.25, -0.2) is 14.4 Å². The molecule has 3 aromatic rings. The lowest BCUT2D eigenvalue weighted by molar-refractivity contribution is -0.110. The fourth-order valence-corrected chi connectivity index (χ4v) is 3.38. The first-order chi connectivity index (χ1) is 16.8. The number of hydrogen-bond acceptors (Lipinski definition) is 5. The number of aliphatic imine (C=N–C) groups is 1. The first-order valence-corrected chi connectivity index (χ1v) is 11.1. The van der Waals surface area contributed by atoms with E-state index in [4.69, 9.17) is 0 Å². The van der Waals surface area contributed by atoms with Crippen LogP contribution in [0.25, 0.3) is 11.3 Å². The van der Waals surface area contributed by atoms with Crippen LogP contribution in [0.2, 0.25) is 0 Å². The molecule has 35 heavy (non-hydrogen) atoms. The maximum Gasteiger partial charge on any atom is 0.280 e. The van der Waals surface area contributed by atoms with Gasteiger partial charge in [0.05, 0.1) is 22.9 Å². The molecule has 0 fully saturated rings. The number of amides is 2. The Balaban J connectivity index is 1.87. The summed E-state index contributed by atoms with van der Waals surface area (Å²) in [5, 5.41) is 15.3. The van der Waals surface area contributed by atoms with Crippen LogP contribution in [0.15, 0.2) is 65.7 Å². The van der Waals surface area contributed by atoms with Crippen molar-refractivity contribution in [2.75, 3.05) is 11.9 Å². The number of nitrogens with zero attached hydrogens (tertiary/aromatic N) is 3. The van der Waals surface area contributed by atoms with E-state index < -0.39 is 11.4 Å². The van der Waals surface area contributed by atoms with Crippen LogP contribution < -0.4 is 10.6 Å². The van der Waals surface area contributed by atoms with Crippen LogP contribution in [-0.4, -0.2) is 35.6 Å². The number of nitriles is 1. The number of benzene rings is 2. The number of carbonyl (C=O) groups excluding carboxylic acids is 2. The Hall–Kier alpha value is -4.38. The van der Waals surface area contributed by atoms with Crippen molar-refractivity contribution in [3.05, 3.63) is 83.2 Å². The largest absolute Gasteiger partial charge is 0.369 e. The molecule has 0 aliphatic heterocycles. The van der Waals surface area contributed by atoms with Crippen LogP contribution in [0.1, 0.15) is 41.8 Å². The van der Waals surface area contributed by atoms with Gasteiger partial charge in [-0.05, 0) is 56.2 Å². The summed E-state index contributed by atoms with van der Waals surface area (Å²) in [4.78, 5) is 32.3. The van der Waals surface area contributed by atoms with Crippen molar-refractivity contribution in [1.29, 1.82) is 5.26 Å². The van der Waals surface area contributed by atoms with Crippen molar-refractivity contribution >= 4 is 24.3 Å². The van der Waals surface area contributed by atoms with Gasteiger partial charge in [0.25, 0.3) is 5.91 Å². The minimum Gasteiger partial charge on any atom is -0.369 e. The second-order valence-corrected chi connectivity index (χ2v) is 8.52. The second kappa shape index (κ2) is 11.7. The van der Waals surface area contributed by atoms with E-state index in [1.807, 2.05) is 26.0 Å². The number of aromatic nitrogens is 1. The van der Waals surface area contributed by atoms with Crippen LogP contribution in [0.5, 0.6) is 0 Å². The molecule has 0 aliphatic rings. The summed E-state index contributed by atoms with van der Waals surface area (Å²) in [5.41, 5.74) is 2.17. The summed E-state index contributed by atoms with van der Waals surface area (Å²) in [7, 11) is 0. The highest BCUT2D eigenvalue weighted by atomic mass is 19.1. The minimum atomic E-state index is -0.541. The predicted molar refractivity (Wildman–Crippen MR) is 134 cm³/mol. The van der Waals surface area contributed by atoms with Gasteiger partial charge in [0.1, 0.15) is 11.6 Å². The summed E-state index contributed by atoms with van der Waals surface area (Å²) >= 11 is 0. The van der Waals surface area contributed by atoms with E-state index >= 15 is 0 Å². The molecule has 2 N–H and O–H groups in total. The Bertz CT molecular complexity index is 1280. The van der Waals surface area contributed by atoms with Gasteiger partial charge in [0, 0.05) is 30.3 Å².